The van der Waals surface area contributed by atoms with Gasteiger partial charge in [-0.3, -0.25) is 0 Å². The van der Waals surface area contributed by atoms with Crippen LogP contribution in [0.15, 0.2) is 42.6 Å². The van der Waals surface area contributed by atoms with E-state index < -0.39 is 11.7 Å². The van der Waals surface area contributed by atoms with Gasteiger partial charge in [-0.2, -0.15) is 0 Å². The standard InChI is InChI=1S/C21H28N2O3/c1-20(2,3)25-18-13-17(11-12-22-18)16-9-7-15(8-10-16)14-23-19(24)26-21(4,5)6/h7-13H,14H2,1-6H3,(H,23,24). The van der Waals surface area contributed by atoms with E-state index in [0.29, 0.717) is 12.4 Å². The Balaban J connectivity index is 2.01. The molecule has 0 saturated carbocycles. The minimum absolute atomic E-state index is 0.289. The summed E-state index contributed by atoms with van der Waals surface area (Å²) < 4.78 is 11.1. The molecule has 0 saturated heterocycles. The number of nitrogens with zero attached hydrogens (tertiary/aromatic N) is 1. The quantitative estimate of drug-likeness (QED) is 0.842. The monoisotopic (exact) mass is 356 g/mol. The van der Waals surface area contributed by atoms with Gasteiger partial charge in [0.25, 0.3) is 0 Å². The average Bonchev–Trinajstić information content (AvgIpc) is 2.50. The Labute approximate surface area is 155 Å². The van der Waals surface area contributed by atoms with Crippen LogP contribution in [-0.4, -0.2) is 22.3 Å². The third kappa shape index (κ3) is 6.75. The van der Waals surface area contributed by atoms with Crippen LogP contribution in [-0.2, 0) is 11.3 Å². The number of ether oxygens (including phenoxy) is 2. The minimum atomic E-state index is -0.498. The lowest BCUT2D eigenvalue weighted by molar-refractivity contribution is 0.0523. The van der Waals surface area contributed by atoms with Gasteiger partial charge in [0, 0.05) is 18.8 Å². The van der Waals surface area contributed by atoms with Crippen molar-refractivity contribution in [1.29, 1.82) is 0 Å². The number of nitrogens with one attached hydrogen (secondary N) is 1. The number of carbonyl (C=O) groups excluding carboxylic acids is 1. The number of amides is 1. The number of benzene rings is 1. The summed E-state index contributed by atoms with van der Waals surface area (Å²) >= 11 is 0. The fourth-order valence-corrected chi connectivity index (χ4v) is 2.26. The Morgan fingerprint density at radius 2 is 1.62 bits per heavy atom. The van der Waals surface area contributed by atoms with Gasteiger partial charge in [-0.25, -0.2) is 9.78 Å². The first-order valence-corrected chi connectivity index (χ1v) is 8.73. The molecule has 0 spiro atoms. The lowest BCUT2D eigenvalue weighted by Crippen LogP contribution is -2.32. The van der Waals surface area contributed by atoms with Crippen molar-refractivity contribution in [3.63, 3.8) is 0 Å². The van der Waals surface area contributed by atoms with Crippen molar-refractivity contribution in [2.24, 2.45) is 0 Å². The Bertz CT molecular complexity index is 741. The average molecular weight is 356 g/mol. The van der Waals surface area contributed by atoms with E-state index in [9.17, 15) is 4.79 Å². The first-order valence-electron chi connectivity index (χ1n) is 8.73. The van der Waals surface area contributed by atoms with Crippen LogP contribution in [0.1, 0.15) is 47.1 Å². The second-order valence-electron chi connectivity index (χ2n) is 8.15. The molecule has 1 N–H and O–H groups in total. The molecular formula is C21H28N2O3. The first kappa shape index (κ1) is 19.8. The van der Waals surface area contributed by atoms with Crippen molar-refractivity contribution in [2.45, 2.75) is 59.3 Å². The van der Waals surface area contributed by atoms with Crippen LogP contribution in [0.2, 0.25) is 0 Å². The molecule has 140 valence electrons. The number of hydrogen-bond donors (Lipinski definition) is 1. The van der Waals surface area contributed by atoms with Gasteiger partial charge in [-0.15, -0.1) is 0 Å². The third-order valence-corrected chi connectivity index (χ3v) is 3.27. The van der Waals surface area contributed by atoms with E-state index in [4.69, 9.17) is 9.47 Å². The number of alkyl carbamates (subject to hydrolysis) is 1. The van der Waals surface area contributed by atoms with E-state index in [1.165, 1.54) is 0 Å². The summed E-state index contributed by atoms with van der Waals surface area (Å²) in [5.41, 5.74) is 2.31. The molecule has 0 fully saturated rings. The lowest BCUT2D eigenvalue weighted by Gasteiger charge is -2.20. The first-order chi connectivity index (χ1) is 12.0. The van der Waals surface area contributed by atoms with Crippen molar-refractivity contribution in [2.75, 3.05) is 0 Å². The molecule has 0 aliphatic heterocycles. The highest BCUT2D eigenvalue weighted by atomic mass is 16.6. The van der Waals surface area contributed by atoms with Crippen LogP contribution in [0, 0.1) is 0 Å². The Morgan fingerprint density at radius 3 is 2.19 bits per heavy atom. The third-order valence-electron chi connectivity index (χ3n) is 3.27. The largest absolute Gasteiger partial charge is 0.472 e. The number of carbonyl (C=O) groups is 1. The Hall–Kier alpha value is -2.56. The maximum atomic E-state index is 11.7. The molecule has 5 nitrogen and oxygen atoms in total. The summed E-state index contributed by atoms with van der Waals surface area (Å²) in [6.45, 7) is 11.9. The van der Waals surface area contributed by atoms with Crippen LogP contribution < -0.4 is 10.1 Å². The highest BCUT2D eigenvalue weighted by molar-refractivity contribution is 5.68. The molecule has 26 heavy (non-hydrogen) atoms. The second kappa shape index (κ2) is 7.77. The van der Waals surface area contributed by atoms with Gasteiger partial charge in [0.15, 0.2) is 0 Å². The number of aromatic nitrogens is 1. The van der Waals surface area contributed by atoms with Crippen LogP contribution >= 0.6 is 0 Å². The predicted octanol–water partition coefficient (Wildman–Crippen LogP) is 4.95. The predicted molar refractivity (Wildman–Crippen MR) is 103 cm³/mol. The summed E-state index contributed by atoms with van der Waals surface area (Å²) in [6, 6.07) is 11.9. The highest BCUT2D eigenvalue weighted by Gasteiger charge is 2.16. The summed E-state index contributed by atoms with van der Waals surface area (Å²) in [5, 5.41) is 2.76. The molecule has 1 aromatic heterocycles. The van der Waals surface area contributed by atoms with Gasteiger partial charge in [-0.1, -0.05) is 24.3 Å². The Morgan fingerprint density at radius 1 is 0.962 bits per heavy atom. The SMILES string of the molecule is CC(C)(C)OC(=O)NCc1ccc(-c2ccnc(OC(C)(C)C)c2)cc1. The molecule has 1 heterocycles. The van der Waals surface area contributed by atoms with E-state index in [-0.39, 0.29) is 5.60 Å². The molecule has 1 amide bonds. The van der Waals surface area contributed by atoms with Gasteiger partial charge < -0.3 is 14.8 Å². The topological polar surface area (TPSA) is 60.5 Å². The van der Waals surface area contributed by atoms with Gasteiger partial charge in [0.05, 0.1) is 0 Å². The molecule has 0 unspecified atom stereocenters. The van der Waals surface area contributed by atoms with Crippen molar-refractivity contribution in [3.05, 3.63) is 48.2 Å². The Kier molecular flexibility index (Phi) is 5.90. The zero-order valence-corrected chi connectivity index (χ0v) is 16.4. The molecule has 1 aromatic carbocycles. The molecular weight excluding hydrogens is 328 g/mol. The smallest absolute Gasteiger partial charge is 0.407 e. The normalized spacial score (nSPS) is 11.8. The summed E-state index contributed by atoms with van der Waals surface area (Å²) in [7, 11) is 0. The fraction of sp³-hybridized carbons (Fsp3) is 0.429. The van der Waals surface area contributed by atoms with Crippen molar-refractivity contribution < 1.29 is 14.3 Å². The van der Waals surface area contributed by atoms with E-state index >= 15 is 0 Å². The van der Waals surface area contributed by atoms with E-state index in [1.807, 2.05) is 77.9 Å². The van der Waals surface area contributed by atoms with Crippen molar-refractivity contribution in [3.8, 4) is 17.0 Å². The molecule has 0 radical (unpaired) electrons. The fourth-order valence-electron chi connectivity index (χ4n) is 2.26. The molecule has 2 rings (SSSR count). The van der Waals surface area contributed by atoms with Gasteiger partial charge in [0.2, 0.25) is 5.88 Å². The van der Waals surface area contributed by atoms with Crippen LogP contribution in [0.3, 0.4) is 0 Å². The van der Waals surface area contributed by atoms with E-state index in [0.717, 1.165) is 16.7 Å². The van der Waals surface area contributed by atoms with Gasteiger partial charge >= 0.3 is 6.09 Å². The highest BCUT2D eigenvalue weighted by Crippen LogP contribution is 2.24. The van der Waals surface area contributed by atoms with Crippen LogP contribution in [0.4, 0.5) is 4.79 Å². The van der Waals surface area contributed by atoms with Crippen LogP contribution in [0.5, 0.6) is 5.88 Å². The zero-order chi connectivity index (χ0) is 19.4. The molecule has 2 aromatic rings. The number of hydrogen-bond acceptors (Lipinski definition) is 4. The van der Waals surface area contributed by atoms with Crippen molar-refractivity contribution in [1.82, 2.24) is 10.3 Å². The minimum Gasteiger partial charge on any atom is -0.472 e. The van der Waals surface area contributed by atoms with Crippen molar-refractivity contribution >= 4 is 6.09 Å². The second-order valence-corrected chi connectivity index (χ2v) is 8.15. The van der Waals surface area contributed by atoms with Gasteiger partial charge in [-0.05, 0) is 64.3 Å². The summed E-state index contributed by atoms with van der Waals surface area (Å²) in [5.74, 6) is 0.602. The molecule has 0 bridgehead atoms. The molecule has 0 atom stereocenters. The lowest BCUT2D eigenvalue weighted by atomic mass is 10.0. The summed E-state index contributed by atoms with van der Waals surface area (Å²) in [6.07, 6.45) is 1.33. The molecule has 5 heteroatoms. The van der Waals surface area contributed by atoms with E-state index in [1.54, 1.807) is 6.20 Å². The summed E-state index contributed by atoms with van der Waals surface area (Å²) in [4.78, 5) is 16.0. The molecule has 0 aliphatic rings. The number of rotatable bonds is 4. The van der Waals surface area contributed by atoms with Crippen LogP contribution in [0.25, 0.3) is 11.1 Å². The van der Waals surface area contributed by atoms with Gasteiger partial charge in [0.1, 0.15) is 11.2 Å². The maximum absolute atomic E-state index is 11.7. The maximum Gasteiger partial charge on any atom is 0.407 e. The number of pyridine rings is 1. The molecule has 0 aliphatic carbocycles. The zero-order valence-electron chi connectivity index (χ0n) is 16.4. The van der Waals surface area contributed by atoms with E-state index in [2.05, 4.69) is 10.3 Å².